The zero-order valence-corrected chi connectivity index (χ0v) is 16.1. The highest BCUT2D eigenvalue weighted by molar-refractivity contribution is 7.98. The highest BCUT2D eigenvalue weighted by Crippen LogP contribution is 2.33. The number of pyridine rings is 1. The molecule has 0 aliphatic rings. The van der Waals surface area contributed by atoms with Crippen LogP contribution >= 0.6 is 11.8 Å². The van der Waals surface area contributed by atoms with Crippen molar-refractivity contribution in [2.75, 3.05) is 11.6 Å². The molecule has 4 nitrogen and oxygen atoms in total. The molecule has 0 bridgehead atoms. The molecule has 10 heteroatoms. The van der Waals surface area contributed by atoms with E-state index in [9.17, 15) is 26.7 Å². The number of nitrogens with one attached hydrogen (secondary N) is 1. The minimum Gasteiger partial charge on any atom is -0.435 e. The maximum atomic E-state index is 13.9. The monoisotopic (exact) mass is 440 g/mol. The first-order valence-electron chi connectivity index (χ1n) is 8.33. The quantitative estimate of drug-likeness (QED) is 0.382. The molecule has 30 heavy (non-hydrogen) atoms. The second-order valence-corrected chi connectivity index (χ2v) is 6.82. The number of hydrogen-bond donors (Lipinski definition) is 1. The number of benzene rings is 2. The third-order valence-electron chi connectivity index (χ3n) is 3.85. The van der Waals surface area contributed by atoms with E-state index in [0.717, 1.165) is 17.0 Å². The molecule has 156 valence electrons. The lowest BCUT2D eigenvalue weighted by molar-refractivity contribution is -0.137. The van der Waals surface area contributed by atoms with Crippen LogP contribution in [0.2, 0.25) is 0 Å². The lowest BCUT2D eigenvalue weighted by Gasteiger charge is -2.14. The molecule has 2 aromatic carbocycles. The Morgan fingerprint density at radius 2 is 1.87 bits per heavy atom. The summed E-state index contributed by atoms with van der Waals surface area (Å²) in [6, 6.07) is 9.56. The number of carbonyl (C=O) groups excluding carboxylic acids is 1. The second-order valence-electron chi connectivity index (χ2n) is 5.94. The third kappa shape index (κ3) is 5.07. The molecular weight excluding hydrogens is 427 g/mol. The number of amides is 1. The summed E-state index contributed by atoms with van der Waals surface area (Å²) < 4.78 is 71.5. The number of ether oxygens (including phenoxy) is 1. The lowest BCUT2D eigenvalue weighted by Crippen LogP contribution is -2.16. The summed E-state index contributed by atoms with van der Waals surface area (Å²) in [4.78, 5) is 17.0. The first kappa shape index (κ1) is 21.6. The van der Waals surface area contributed by atoms with Gasteiger partial charge in [0.15, 0.2) is 11.6 Å². The van der Waals surface area contributed by atoms with Gasteiger partial charge in [-0.15, -0.1) is 11.8 Å². The van der Waals surface area contributed by atoms with Crippen molar-refractivity contribution in [1.29, 1.82) is 0 Å². The van der Waals surface area contributed by atoms with Crippen molar-refractivity contribution in [2.24, 2.45) is 0 Å². The summed E-state index contributed by atoms with van der Waals surface area (Å²) in [5.41, 5.74) is -1.41. The maximum absolute atomic E-state index is 13.9. The molecule has 1 amide bonds. The Labute approximate surface area is 172 Å². The molecule has 0 saturated heterocycles. The average Bonchev–Trinajstić information content (AvgIpc) is 2.69. The number of carbonyl (C=O) groups is 1. The van der Waals surface area contributed by atoms with Crippen molar-refractivity contribution >= 4 is 23.4 Å². The van der Waals surface area contributed by atoms with Crippen LogP contribution in [0.25, 0.3) is 0 Å². The molecule has 0 saturated carbocycles. The van der Waals surface area contributed by atoms with Crippen LogP contribution in [0.15, 0.2) is 59.6 Å². The number of nitrogens with zero attached hydrogens (tertiary/aromatic N) is 1. The van der Waals surface area contributed by atoms with E-state index in [0.29, 0.717) is 24.0 Å². The fraction of sp³-hybridized carbons (Fsp3) is 0.100. The summed E-state index contributed by atoms with van der Waals surface area (Å²) >= 11 is 1.41. The summed E-state index contributed by atoms with van der Waals surface area (Å²) in [5.74, 6) is -3.97. The van der Waals surface area contributed by atoms with Gasteiger partial charge in [0.1, 0.15) is 11.4 Å². The number of anilines is 1. The van der Waals surface area contributed by atoms with Gasteiger partial charge in [0.2, 0.25) is 5.88 Å². The van der Waals surface area contributed by atoms with Gasteiger partial charge in [0.05, 0.1) is 5.56 Å². The Hall–Kier alpha value is -3.14. The number of alkyl halides is 3. The van der Waals surface area contributed by atoms with Gasteiger partial charge in [-0.3, -0.25) is 4.79 Å². The SMILES string of the molecule is CSc1cccc(NC(=O)c2cc(C(F)(F)F)cnc2Oc2ccc(F)cc2F)c1. The van der Waals surface area contributed by atoms with Gasteiger partial charge in [-0.2, -0.15) is 13.2 Å². The molecule has 1 aromatic heterocycles. The summed E-state index contributed by atoms with van der Waals surface area (Å²) in [7, 11) is 0. The fourth-order valence-corrected chi connectivity index (χ4v) is 2.87. The van der Waals surface area contributed by atoms with Crippen LogP contribution < -0.4 is 10.1 Å². The Balaban J connectivity index is 1.99. The Bertz CT molecular complexity index is 1090. The van der Waals surface area contributed by atoms with Gasteiger partial charge < -0.3 is 10.1 Å². The summed E-state index contributed by atoms with van der Waals surface area (Å²) in [6.45, 7) is 0. The number of aromatic nitrogens is 1. The zero-order valence-electron chi connectivity index (χ0n) is 15.3. The van der Waals surface area contributed by atoms with Crippen LogP contribution in [0.3, 0.4) is 0 Å². The van der Waals surface area contributed by atoms with Gasteiger partial charge in [-0.25, -0.2) is 13.8 Å². The molecule has 3 aromatic rings. The molecule has 3 rings (SSSR count). The van der Waals surface area contributed by atoms with E-state index >= 15 is 0 Å². The van der Waals surface area contributed by atoms with Gasteiger partial charge in [0, 0.05) is 22.8 Å². The lowest BCUT2D eigenvalue weighted by atomic mass is 10.1. The predicted molar refractivity (Wildman–Crippen MR) is 102 cm³/mol. The number of hydrogen-bond acceptors (Lipinski definition) is 4. The Kier molecular flexibility index (Phi) is 6.25. The van der Waals surface area contributed by atoms with Crippen molar-refractivity contribution in [1.82, 2.24) is 4.98 Å². The molecule has 0 fully saturated rings. The fourth-order valence-electron chi connectivity index (χ4n) is 2.41. The van der Waals surface area contributed by atoms with Crippen LogP contribution in [0.5, 0.6) is 11.6 Å². The van der Waals surface area contributed by atoms with Gasteiger partial charge in [-0.05, 0) is 42.7 Å². The van der Waals surface area contributed by atoms with E-state index in [4.69, 9.17) is 4.74 Å². The molecule has 1 heterocycles. The molecule has 1 N–H and O–H groups in total. The normalized spacial score (nSPS) is 11.3. The molecule has 0 unspecified atom stereocenters. The van der Waals surface area contributed by atoms with Crippen molar-refractivity contribution in [2.45, 2.75) is 11.1 Å². The van der Waals surface area contributed by atoms with Crippen molar-refractivity contribution in [3.05, 3.63) is 77.5 Å². The van der Waals surface area contributed by atoms with Crippen LogP contribution in [0.1, 0.15) is 15.9 Å². The smallest absolute Gasteiger partial charge is 0.417 e. The average molecular weight is 440 g/mol. The van der Waals surface area contributed by atoms with Crippen LogP contribution in [-0.2, 0) is 6.18 Å². The van der Waals surface area contributed by atoms with E-state index in [-0.39, 0.29) is 0 Å². The van der Waals surface area contributed by atoms with Gasteiger partial charge in [0.25, 0.3) is 5.91 Å². The molecule has 0 atom stereocenters. The van der Waals surface area contributed by atoms with E-state index in [1.807, 2.05) is 6.26 Å². The third-order valence-corrected chi connectivity index (χ3v) is 4.58. The first-order valence-corrected chi connectivity index (χ1v) is 9.55. The molecule has 0 aliphatic carbocycles. The van der Waals surface area contributed by atoms with Gasteiger partial charge >= 0.3 is 6.18 Å². The molecular formula is C20H13F5N2O2S. The summed E-state index contributed by atoms with van der Waals surface area (Å²) in [6.07, 6.45) is -2.48. The standard InChI is InChI=1S/C20H13F5N2O2S/c1-30-14-4-2-3-13(9-14)27-18(28)15-7-11(20(23,24)25)10-26-19(15)29-17-6-5-12(21)8-16(17)22/h2-10H,1H3,(H,27,28). The minimum atomic E-state index is -4.76. The highest BCUT2D eigenvalue weighted by atomic mass is 32.2. The maximum Gasteiger partial charge on any atom is 0.417 e. The molecule has 0 radical (unpaired) electrons. The van der Waals surface area contributed by atoms with E-state index < -0.39 is 46.5 Å². The van der Waals surface area contributed by atoms with Crippen LogP contribution in [0, 0.1) is 11.6 Å². The molecule has 0 spiro atoms. The minimum absolute atomic E-state index is 0.336. The zero-order chi connectivity index (χ0) is 21.9. The second kappa shape index (κ2) is 8.70. The van der Waals surface area contributed by atoms with E-state index in [1.54, 1.807) is 24.3 Å². The highest BCUT2D eigenvalue weighted by Gasteiger charge is 2.33. The van der Waals surface area contributed by atoms with Crippen LogP contribution in [0.4, 0.5) is 27.6 Å². The molecule has 0 aliphatic heterocycles. The van der Waals surface area contributed by atoms with Gasteiger partial charge in [-0.1, -0.05) is 6.07 Å². The predicted octanol–water partition coefficient (Wildman–Crippen LogP) is 6.15. The van der Waals surface area contributed by atoms with E-state index in [2.05, 4.69) is 10.3 Å². The van der Waals surface area contributed by atoms with E-state index in [1.165, 1.54) is 11.8 Å². The summed E-state index contributed by atoms with van der Waals surface area (Å²) in [5, 5.41) is 2.47. The van der Waals surface area contributed by atoms with Crippen molar-refractivity contribution in [3.8, 4) is 11.6 Å². The Morgan fingerprint density at radius 3 is 2.53 bits per heavy atom. The number of halogens is 5. The first-order chi connectivity index (χ1) is 14.2. The Morgan fingerprint density at radius 1 is 1.10 bits per heavy atom. The largest absolute Gasteiger partial charge is 0.435 e. The topological polar surface area (TPSA) is 51.2 Å². The van der Waals surface area contributed by atoms with Crippen molar-refractivity contribution < 1.29 is 31.5 Å². The number of thioether (sulfide) groups is 1. The number of rotatable bonds is 5. The van der Waals surface area contributed by atoms with Crippen LogP contribution in [-0.4, -0.2) is 17.1 Å². The van der Waals surface area contributed by atoms with Crippen molar-refractivity contribution in [3.63, 3.8) is 0 Å².